The first-order chi connectivity index (χ1) is 8.35. The number of hydrogen-bond donors (Lipinski definition) is 1. The van der Waals surface area contributed by atoms with Crippen molar-refractivity contribution in [3.63, 3.8) is 0 Å². The molecule has 0 aromatic heterocycles. The van der Waals surface area contributed by atoms with Gasteiger partial charge in [0.05, 0.1) is 17.5 Å². The minimum Gasteiger partial charge on any atom is -0.393 e. The summed E-state index contributed by atoms with van der Waals surface area (Å²) in [5.41, 5.74) is -0.494. The molecule has 4 atom stereocenters. The fraction of sp³-hybridized carbons (Fsp3) is 1.00. The van der Waals surface area contributed by atoms with Gasteiger partial charge in [-0.05, 0) is 20.3 Å². The lowest BCUT2D eigenvalue weighted by molar-refractivity contribution is -0.238. The zero-order chi connectivity index (χ0) is 14.0. The summed E-state index contributed by atoms with van der Waals surface area (Å²) in [7, 11) is 0. The molecule has 6 heteroatoms. The van der Waals surface area contributed by atoms with Crippen LogP contribution in [0.4, 0.5) is 0 Å². The fourth-order valence-electron chi connectivity index (χ4n) is 2.52. The van der Waals surface area contributed by atoms with Gasteiger partial charge in [-0.2, -0.15) is 0 Å². The minimum atomic E-state index is -0.570. The number of hydrogen-bond acceptors (Lipinski definition) is 4. The molecule has 0 bridgehead atoms. The Balaban J connectivity index is 0.000000492. The maximum Gasteiger partial charge on any atom is 0.188 e. The summed E-state index contributed by atoms with van der Waals surface area (Å²) in [4.78, 5) is 0. The summed E-state index contributed by atoms with van der Waals surface area (Å²) in [5.74, 6) is -0.418. The third kappa shape index (κ3) is 3.11. The monoisotopic (exact) mass is 300 g/mol. The quantitative estimate of drug-likeness (QED) is 0.797. The molecule has 0 radical (unpaired) electrons. The summed E-state index contributed by atoms with van der Waals surface area (Å²) in [6.45, 7) is 7.85. The Labute approximate surface area is 118 Å². The second-order valence-electron chi connectivity index (χ2n) is 5.05. The van der Waals surface area contributed by atoms with Crippen molar-refractivity contribution in [2.75, 3.05) is 11.9 Å². The lowest BCUT2D eigenvalue weighted by atomic mass is 9.86. The summed E-state index contributed by atoms with van der Waals surface area (Å²) in [5, 5.41) is 9.63. The molecule has 0 amide bonds. The summed E-state index contributed by atoms with van der Waals surface area (Å²) >= 11 is 9.53. The van der Waals surface area contributed by atoms with Gasteiger partial charge in [0.15, 0.2) is 12.1 Å². The van der Waals surface area contributed by atoms with Crippen molar-refractivity contribution in [1.82, 2.24) is 0 Å². The van der Waals surface area contributed by atoms with Gasteiger partial charge in [0, 0.05) is 5.92 Å². The van der Waals surface area contributed by atoms with Crippen LogP contribution in [0.3, 0.4) is 0 Å². The van der Waals surface area contributed by atoms with Gasteiger partial charge in [-0.1, -0.05) is 13.8 Å². The standard InChI is InChI=1S/C11H20O4.CH2Cl2/c1-5-11(6-12)7(2)8-9(15-11)14-10(3,4)13-8;2-1-3/h7-9,12H,5-6H2,1-4H3;1H2/t7?,8?,9-,11+;/m1./s1. The van der Waals surface area contributed by atoms with Crippen LogP contribution in [-0.2, 0) is 14.2 Å². The smallest absolute Gasteiger partial charge is 0.188 e. The van der Waals surface area contributed by atoms with Crippen molar-refractivity contribution in [2.45, 2.75) is 57.9 Å². The van der Waals surface area contributed by atoms with Gasteiger partial charge < -0.3 is 19.3 Å². The fourth-order valence-corrected chi connectivity index (χ4v) is 2.52. The molecule has 18 heavy (non-hydrogen) atoms. The van der Waals surface area contributed by atoms with Gasteiger partial charge in [-0.25, -0.2) is 0 Å². The predicted molar refractivity (Wildman–Crippen MR) is 70.8 cm³/mol. The van der Waals surface area contributed by atoms with E-state index in [0.717, 1.165) is 6.42 Å². The number of rotatable bonds is 2. The van der Waals surface area contributed by atoms with Crippen LogP contribution in [0.25, 0.3) is 0 Å². The van der Waals surface area contributed by atoms with Crippen LogP contribution >= 0.6 is 23.2 Å². The van der Waals surface area contributed by atoms with Gasteiger partial charge in [0.1, 0.15) is 6.10 Å². The SMILES string of the molecule is CC[C@@]1(CO)O[C@H]2OC(C)(C)OC2C1C.ClCCl. The molecule has 0 aromatic carbocycles. The molecule has 2 aliphatic heterocycles. The topological polar surface area (TPSA) is 47.9 Å². The summed E-state index contributed by atoms with van der Waals surface area (Å²) in [6.07, 6.45) is 0.374. The summed E-state index contributed by atoms with van der Waals surface area (Å²) < 4.78 is 17.3. The first kappa shape index (κ1) is 16.5. The van der Waals surface area contributed by atoms with Crippen molar-refractivity contribution in [3.8, 4) is 0 Å². The maximum atomic E-state index is 9.44. The van der Waals surface area contributed by atoms with Gasteiger partial charge >= 0.3 is 0 Å². The molecule has 0 saturated carbocycles. The molecule has 2 fully saturated rings. The van der Waals surface area contributed by atoms with E-state index in [-0.39, 0.29) is 30.3 Å². The zero-order valence-corrected chi connectivity index (χ0v) is 12.8. The Kier molecular flexibility index (Phi) is 5.72. The zero-order valence-electron chi connectivity index (χ0n) is 11.3. The highest BCUT2D eigenvalue weighted by atomic mass is 35.5. The number of halogens is 2. The highest BCUT2D eigenvalue weighted by Gasteiger charge is 2.58. The molecule has 1 N–H and O–H groups in total. The van der Waals surface area contributed by atoms with Crippen molar-refractivity contribution in [2.24, 2.45) is 5.92 Å². The van der Waals surface area contributed by atoms with Gasteiger partial charge in [0.2, 0.25) is 0 Å². The molecule has 2 rings (SSSR count). The second-order valence-corrected chi connectivity index (χ2v) is 5.86. The largest absolute Gasteiger partial charge is 0.393 e. The number of aliphatic hydroxyl groups excluding tert-OH is 1. The highest BCUT2D eigenvalue weighted by molar-refractivity contribution is 6.40. The number of aliphatic hydroxyl groups is 1. The Hall–Kier alpha value is 0.420. The second kappa shape index (κ2) is 6.25. The molecular formula is C12H22Cl2O4. The molecule has 108 valence electrons. The Morgan fingerprint density at radius 3 is 2.11 bits per heavy atom. The predicted octanol–water partition coefficient (Wildman–Crippen LogP) is 2.69. The maximum absolute atomic E-state index is 9.44. The number of ether oxygens (including phenoxy) is 3. The normalized spacial score (nSPS) is 41.2. The lowest BCUT2D eigenvalue weighted by Crippen LogP contribution is -2.42. The van der Waals surface area contributed by atoms with Gasteiger partial charge in [-0.3, -0.25) is 0 Å². The van der Waals surface area contributed by atoms with Crippen molar-refractivity contribution in [1.29, 1.82) is 0 Å². The van der Waals surface area contributed by atoms with Crippen molar-refractivity contribution in [3.05, 3.63) is 0 Å². The summed E-state index contributed by atoms with van der Waals surface area (Å²) in [6, 6.07) is 0. The Bertz CT molecular complexity index is 269. The highest BCUT2D eigenvalue weighted by Crippen LogP contribution is 2.46. The van der Waals surface area contributed by atoms with E-state index in [9.17, 15) is 5.11 Å². The molecule has 0 aromatic rings. The lowest BCUT2D eigenvalue weighted by Gasteiger charge is -2.32. The molecule has 2 unspecified atom stereocenters. The van der Waals surface area contributed by atoms with Crippen LogP contribution in [0.15, 0.2) is 0 Å². The van der Waals surface area contributed by atoms with Crippen molar-refractivity contribution >= 4 is 23.2 Å². The van der Waals surface area contributed by atoms with Crippen LogP contribution in [0, 0.1) is 5.92 Å². The Morgan fingerprint density at radius 1 is 1.17 bits per heavy atom. The van der Waals surface area contributed by atoms with E-state index >= 15 is 0 Å². The third-order valence-electron chi connectivity index (χ3n) is 3.63. The van der Waals surface area contributed by atoms with E-state index in [4.69, 9.17) is 37.4 Å². The molecule has 0 spiro atoms. The van der Waals surface area contributed by atoms with Gasteiger partial charge in [0.25, 0.3) is 0 Å². The van der Waals surface area contributed by atoms with Crippen LogP contribution < -0.4 is 0 Å². The molecular weight excluding hydrogens is 279 g/mol. The van der Waals surface area contributed by atoms with Crippen LogP contribution in [0.5, 0.6) is 0 Å². The molecule has 2 saturated heterocycles. The van der Waals surface area contributed by atoms with E-state index < -0.39 is 11.4 Å². The molecule has 0 aliphatic carbocycles. The number of fused-ring (bicyclic) bond motifs is 1. The van der Waals surface area contributed by atoms with Crippen molar-refractivity contribution < 1.29 is 19.3 Å². The van der Waals surface area contributed by atoms with Gasteiger partial charge in [-0.15, -0.1) is 23.2 Å². The number of alkyl halides is 2. The van der Waals surface area contributed by atoms with Crippen LogP contribution in [0.2, 0.25) is 0 Å². The van der Waals surface area contributed by atoms with E-state index in [1.54, 1.807) is 0 Å². The van der Waals surface area contributed by atoms with Crippen LogP contribution in [0.1, 0.15) is 34.1 Å². The molecule has 4 nitrogen and oxygen atoms in total. The molecule has 2 aliphatic rings. The molecule has 2 heterocycles. The first-order valence-corrected chi connectivity index (χ1v) is 7.19. The average molecular weight is 301 g/mol. The third-order valence-corrected chi connectivity index (χ3v) is 3.63. The van der Waals surface area contributed by atoms with E-state index in [1.807, 2.05) is 20.8 Å². The van der Waals surface area contributed by atoms with E-state index in [2.05, 4.69) is 6.92 Å². The van der Waals surface area contributed by atoms with E-state index in [0.29, 0.717) is 0 Å². The van der Waals surface area contributed by atoms with E-state index in [1.165, 1.54) is 0 Å². The average Bonchev–Trinajstić information content (AvgIpc) is 2.72. The van der Waals surface area contributed by atoms with Crippen LogP contribution in [-0.4, -0.2) is 40.8 Å². The minimum absolute atomic E-state index is 0.0187. The first-order valence-electron chi connectivity index (χ1n) is 6.12. The Morgan fingerprint density at radius 2 is 1.72 bits per heavy atom.